The molecule has 0 aliphatic heterocycles. The van der Waals surface area contributed by atoms with Gasteiger partial charge in [-0.25, -0.2) is 9.97 Å². The SMILES string of the molecule is c1ccc(-c2cc(-c3ccccc3-c3ccncc3)nc(-c3cccc(-c4ccc5ccc6c(-c7cc8ccccc8c8ccccc78)ccc7ccc4c5c76)c3)n2)cc1. The second-order valence-corrected chi connectivity index (χ2v) is 15.5. The zero-order valence-corrected chi connectivity index (χ0v) is 32.5. The highest BCUT2D eigenvalue weighted by molar-refractivity contribution is 6.28. The maximum atomic E-state index is 5.30. The van der Waals surface area contributed by atoms with Gasteiger partial charge in [0.05, 0.1) is 11.4 Å². The van der Waals surface area contributed by atoms with E-state index in [0.29, 0.717) is 5.82 Å². The Morgan fingerprint density at radius 2 is 0.867 bits per heavy atom. The molecule has 0 unspecified atom stereocenters. The molecular formula is C57H35N3. The van der Waals surface area contributed by atoms with E-state index in [9.17, 15) is 0 Å². The molecule has 0 amide bonds. The third-order valence-electron chi connectivity index (χ3n) is 12.1. The molecule has 0 saturated carbocycles. The van der Waals surface area contributed by atoms with Gasteiger partial charge in [-0.3, -0.25) is 4.98 Å². The Morgan fingerprint density at radius 1 is 0.267 bits per heavy atom. The van der Waals surface area contributed by atoms with Crippen LogP contribution in [0.15, 0.2) is 213 Å². The zero-order chi connectivity index (χ0) is 39.6. The van der Waals surface area contributed by atoms with Crippen LogP contribution in [0.1, 0.15) is 0 Å². The van der Waals surface area contributed by atoms with Gasteiger partial charge in [-0.1, -0.05) is 170 Å². The highest BCUT2D eigenvalue weighted by Gasteiger charge is 2.19. The van der Waals surface area contributed by atoms with Crippen LogP contribution in [0.3, 0.4) is 0 Å². The fourth-order valence-corrected chi connectivity index (χ4v) is 9.35. The van der Waals surface area contributed by atoms with Gasteiger partial charge in [0.15, 0.2) is 5.82 Å². The van der Waals surface area contributed by atoms with Gasteiger partial charge in [0, 0.05) is 29.1 Å². The Kier molecular flexibility index (Phi) is 7.85. The molecule has 10 aromatic carbocycles. The van der Waals surface area contributed by atoms with E-state index in [2.05, 4.69) is 187 Å². The Labute approximate surface area is 347 Å². The van der Waals surface area contributed by atoms with Crippen LogP contribution in [-0.4, -0.2) is 15.0 Å². The van der Waals surface area contributed by atoms with Crippen LogP contribution < -0.4 is 0 Å². The van der Waals surface area contributed by atoms with Crippen molar-refractivity contribution in [3.05, 3.63) is 213 Å². The van der Waals surface area contributed by atoms with Gasteiger partial charge in [0.25, 0.3) is 0 Å². The largest absolute Gasteiger partial charge is 0.265 e. The Bertz CT molecular complexity index is 3590. The molecule has 0 radical (unpaired) electrons. The Hall–Kier alpha value is -8.01. The molecule has 0 saturated heterocycles. The second kappa shape index (κ2) is 13.8. The van der Waals surface area contributed by atoms with Gasteiger partial charge in [0.2, 0.25) is 0 Å². The number of fused-ring (bicyclic) bond motifs is 3. The molecule has 0 N–H and O–H groups in total. The van der Waals surface area contributed by atoms with Crippen LogP contribution in [0, 0.1) is 0 Å². The number of benzene rings is 10. The summed E-state index contributed by atoms with van der Waals surface area (Å²) in [5, 5.41) is 12.6. The van der Waals surface area contributed by atoms with E-state index in [0.717, 1.165) is 44.8 Å². The normalized spacial score (nSPS) is 11.7. The number of rotatable bonds is 6. The van der Waals surface area contributed by atoms with Crippen molar-refractivity contribution in [1.29, 1.82) is 0 Å². The molecule has 0 fully saturated rings. The van der Waals surface area contributed by atoms with Crippen molar-refractivity contribution in [1.82, 2.24) is 15.0 Å². The predicted molar refractivity (Wildman–Crippen MR) is 251 cm³/mol. The molecule has 2 heterocycles. The molecule has 2 aromatic heterocycles. The smallest absolute Gasteiger partial charge is 0.160 e. The summed E-state index contributed by atoms with van der Waals surface area (Å²) in [6.45, 7) is 0. The zero-order valence-electron chi connectivity index (χ0n) is 32.5. The van der Waals surface area contributed by atoms with E-state index in [1.165, 1.54) is 70.6 Å². The van der Waals surface area contributed by atoms with Gasteiger partial charge < -0.3 is 0 Å². The summed E-state index contributed by atoms with van der Waals surface area (Å²) in [6, 6.07) is 72.1. The minimum absolute atomic E-state index is 0.683. The van der Waals surface area contributed by atoms with Gasteiger partial charge in [0.1, 0.15) is 0 Å². The second-order valence-electron chi connectivity index (χ2n) is 15.5. The molecule has 0 atom stereocenters. The van der Waals surface area contributed by atoms with Gasteiger partial charge in [-0.2, -0.15) is 0 Å². The van der Waals surface area contributed by atoms with E-state index in [1.54, 1.807) is 0 Å². The first-order valence-corrected chi connectivity index (χ1v) is 20.4. The average Bonchev–Trinajstić information content (AvgIpc) is 3.33. The molecule has 60 heavy (non-hydrogen) atoms. The first-order valence-electron chi connectivity index (χ1n) is 20.4. The van der Waals surface area contributed by atoms with E-state index in [4.69, 9.17) is 9.97 Å². The van der Waals surface area contributed by atoms with Crippen LogP contribution in [-0.2, 0) is 0 Å². The lowest BCUT2D eigenvalue weighted by Gasteiger charge is -2.18. The number of pyridine rings is 1. The predicted octanol–water partition coefficient (Wildman–Crippen LogP) is 15.1. The van der Waals surface area contributed by atoms with Gasteiger partial charge >= 0.3 is 0 Å². The number of nitrogens with zero attached hydrogens (tertiary/aromatic N) is 3. The first-order chi connectivity index (χ1) is 29.7. The Morgan fingerprint density at radius 3 is 1.67 bits per heavy atom. The van der Waals surface area contributed by atoms with Crippen molar-refractivity contribution in [3.8, 4) is 67.3 Å². The minimum Gasteiger partial charge on any atom is -0.265 e. The highest BCUT2D eigenvalue weighted by atomic mass is 14.9. The molecule has 0 bridgehead atoms. The molecule has 12 aromatic rings. The molecular weight excluding hydrogens is 727 g/mol. The van der Waals surface area contributed by atoms with Crippen LogP contribution in [0.4, 0.5) is 0 Å². The van der Waals surface area contributed by atoms with Gasteiger partial charge in [-0.05, 0) is 118 Å². The summed E-state index contributed by atoms with van der Waals surface area (Å²) in [5.41, 5.74) is 11.8. The summed E-state index contributed by atoms with van der Waals surface area (Å²) in [4.78, 5) is 14.8. The van der Waals surface area contributed by atoms with E-state index in [1.807, 2.05) is 30.6 Å². The van der Waals surface area contributed by atoms with E-state index < -0.39 is 0 Å². The lowest BCUT2D eigenvalue weighted by molar-refractivity contribution is 1.18. The summed E-state index contributed by atoms with van der Waals surface area (Å²) in [6.07, 6.45) is 3.67. The Balaban J connectivity index is 1.03. The van der Waals surface area contributed by atoms with Crippen molar-refractivity contribution in [2.24, 2.45) is 0 Å². The molecule has 0 aliphatic carbocycles. The fraction of sp³-hybridized carbons (Fsp3) is 0. The first kappa shape index (κ1) is 34.1. The van der Waals surface area contributed by atoms with Crippen LogP contribution in [0.25, 0.3) is 121 Å². The molecule has 0 spiro atoms. The summed E-state index contributed by atoms with van der Waals surface area (Å²) >= 11 is 0. The summed E-state index contributed by atoms with van der Waals surface area (Å²) in [7, 11) is 0. The third-order valence-corrected chi connectivity index (χ3v) is 12.1. The number of hydrogen-bond acceptors (Lipinski definition) is 3. The van der Waals surface area contributed by atoms with E-state index in [-0.39, 0.29) is 0 Å². The summed E-state index contributed by atoms with van der Waals surface area (Å²) < 4.78 is 0. The number of aromatic nitrogens is 3. The van der Waals surface area contributed by atoms with Crippen LogP contribution in [0.5, 0.6) is 0 Å². The monoisotopic (exact) mass is 761 g/mol. The standard InChI is InChI=1S/C57H35N3/c1-2-11-37(12-3-1)53-35-54(49-20-9-6-16-43(49)36-29-31-58-32-30-36)60-57(59-53)42-15-10-14-40(33-42)45-25-21-38-24-28-51-48(26-22-39-23-27-50(45)55(38)56(39)51)52-34-41-13-4-5-17-44(41)46-18-7-8-19-47(46)52/h1-35H. The summed E-state index contributed by atoms with van der Waals surface area (Å²) in [5.74, 6) is 0.683. The minimum atomic E-state index is 0.683. The van der Waals surface area contributed by atoms with Crippen molar-refractivity contribution in [3.63, 3.8) is 0 Å². The quantitative estimate of drug-likeness (QED) is 0.158. The lowest BCUT2D eigenvalue weighted by Crippen LogP contribution is -1.97. The molecule has 278 valence electrons. The topological polar surface area (TPSA) is 38.7 Å². The third kappa shape index (κ3) is 5.55. The van der Waals surface area contributed by atoms with E-state index >= 15 is 0 Å². The number of hydrogen-bond donors (Lipinski definition) is 0. The fourth-order valence-electron chi connectivity index (χ4n) is 9.35. The molecule has 3 nitrogen and oxygen atoms in total. The maximum absolute atomic E-state index is 5.30. The van der Waals surface area contributed by atoms with Crippen molar-refractivity contribution in [2.45, 2.75) is 0 Å². The molecule has 0 aliphatic rings. The molecule has 3 heteroatoms. The highest BCUT2D eigenvalue weighted by Crippen LogP contribution is 2.45. The van der Waals surface area contributed by atoms with Crippen LogP contribution >= 0.6 is 0 Å². The van der Waals surface area contributed by atoms with Crippen LogP contribution in [0.2, 0.25) is 0 Å². The van der Waals surface area contributed by atoms with Crippen molar-refractivity contribution < 1.29 is 0 Å². The lowest BCUT2D eigenvalue weighted by atomic mass is 9.85. The van der Waals surface area contributed by atoms with Crippen molar-refractivity contribution >= 4 is 53.9 Å². The maximum Gasteiger partial charge on any atom is 0.160 e. The average molecular weight is 762 g/mol. The molecule has 12 rings (SSSR count). The van der Waals surface area contributed by atoms with Crippen molar-refractivity contribution in [2.75, 3.05) is 0 Å². The van der Waals surface area contributed by atoms with Gasteiger partial charge in [-0.15, -0.1) is 0 Å².